The van der Waals surface area contributed by atoms with Crippen molar-refractivity contribution in [2.24, 2.45) is 5.73 Å². The zero-order chi connectivity index (χ0) is 15.9. The van der Waals surface area contributed by atoms with Crippen molar-refractivity contribution in [3.05, 3.63) is 29.3 Å². The molecule has 2 N–H and O–H groups in total. The van der Waals surface area contributed by atoms with Crippen molar-refractivity contribution >= 4 is 18.4 Å². The fourth-order valence-electron chi connectivity index (χ4n) is 1.73. The van der Waals surface area contributed by atoms with Crippen LogP contribution in [-0.2, 0) is 22.1 Å². The summed E-state index contributed by atoms with van der Waals surface area (Å²) >= 11 is 0. The smallest absolute Gasteiger partial charge is 0.419 e. The summed E-state index contributed by atoms with van der Waals surface area (Å²) in [5.41, 5.74) is 4.75. The fraction of sp³-hybridized carbons (Fsp3) is 0.500. The van der Waals surface area contributed by atoms with E-state index in [1.54, 1.807) is 6.92 Å². The van der Waals surface area contributed by atoms with E-state index in [-0.39, 0.29) is 50.8 Å². The molecule has 0 spiro atoms. The minimum absolute atomic E-state index is 0. The molecule has 8 heteroatoms. The quantitative estimate of drug-likeness (QED) is 0.775. The molecule has 0 heterocycles. The first-order chi connectivity index (χ1) is 9.88. The average molecular weight is 342 g/mol. The van der Waals surface area contributed by atoms with Gasteiger partial charge in [-0.15, -0.1) is 12.4 Å². The van der Waals surface area contributed by atoms with Crippen LogP contribution in [-0.4, -0.2) is 25.7 Å². The average Bonchev–Trinajstić information content (AvgIpc) is 2.42. The van der Waals surface area contributed by atoms with Crippen molar-refractivity contribution in [2.75, 3.05) is 19.8 Å². The van der Waals surface area contributed by atoms with E-state index in [0.29, 0.717) is 5.56 Å². The molecule has 22 heavy (non-hydrogen) atoms. The lowest BCUT2D eigenvalue weighted by atomic mass is 10.1. The molecular weight excluding hydrogens is 323 g/mol. The van der Waals surface area contributed by atoms with Gasteiger partial charge in [0.15, 0.2) is 0 Å². The Kier molecular flexibility index (Phi) is 8.89. The lowest BCUT2D eigenvalue weighted by Crippen LogP contribution is -2.15. The molecule has 0 bridgehead atoms. The molecule has 0 aliphatic carbocycles. The van der Waals surface area contributed by atoms with Crippen LogP contribution >= 0.6 is 12.4 Å². The Hall–Kier alpha value is -1.47. The standard InChI is InChI=1S/C14H18F3NO3.ClH/c1-2-20-13(19)6-4-10-3-5-12(21-8-7-18)11(9-10)14(15,16)17;/h3,5,9H,2,4,6-8,18H2,1H3;1H. The van der Waals surface area contributed by atoms with E-state index >= 15 is 0 Å². The minimum Gasteiger partial charge on any atom is -0.492 e. The predicted molar refractivity (Wildman–Crippen MR) is 78.2 cm³/mol. The first-order valence-corrected chi connectivity index (χ1v) is 6.57. The summed E-state index contributed by atoms with van der Waals surface area (Å²) in [6, 6.07) is 3.74. The summed E-state index contributed by atoms with van der Waals surface area (Å²) < 4.78 is 48.7. The van der Waals surface area contributed by atoms with Gasteiger partial charge in [-0.3, -0.25) is 4.79 Å². The highest BCUT2D eigenvalue weighted by molar-refractivity contribution is 5.85. The molecule has 0 aromatic heterocycles. The van der Waals surface area contributed by atoms with Gasteiger partial charge in [0.05, 0.1) is 12.2 Å². The van der Waals surface area contributed by atoms with Crippen LogP contribution < -0.4 is 10.5 Å². The number of nitrogens with two attached hydrogens (primary N) is 1. The van der Waals surface area contributed by atoms with Gasteiger partial charge in [-0.25, -0.2) is 0 Å². The third kappa shape index (κ3) is 6.53. The summed E-state index contributed by atoms with van der Waals surface area (Å²) in [5, 5.41) is 0. The Balaban J connectivity index is 0.00000441. The molecule has 0 saturated heterocycles. The van der Waals surface area contributed by atoms with Crippen LogP contribution in [0.5, 0.6) is 5.75 Å². The number of carbonyl (C=O) groups is 1. The molecule has 126 valence electrons. The molecule has 4 nitrogen and oxygen atoms in total. The molecule has 0 fully saturated rings. The molecule has 1 rings (SSSR count). The Bertz CT molecular complexity index is 481. The molecule has 1 aromatic carbocycles. The van der Waals surface area contributed by atoms with Crippen LogP contribution in [0, 0.1) is 0 Å². The highest BCUT2D eigenvalue weighted by Crippen LogP contribution is 2.37. The fourth-order valence-corrected chi connectivity index (χ4v) is 1.73. The molecule has 0 radical (unpaired) electrons. The third-order valence-corrected chi connectivity index (χ3v) is 2.65. The normalized spacial score (nSPS) is 10.8. The van der Waals surface area contributed by atoms with E-state index in [9.17, 15) is 18.0 Å². The molecule has 0 atom stereocenters. The van der Waals surface area contributed by atoms with E-state index in [4.69, 9.17) is 15.2 Å². The van der Waals surface area contributed by atoms with Crippen LogP contribution in [0.2, 0.25) is 0 Å². The molecule has 0 amide bonds. The molecular formula is C14H19ClF3NO3. The van der Waals surface area contributed by atoms with Crippen molar-refractivity contribution in [1.82, 2.24) is 0 Å². The maximum atomic E-state index is 13.0. The van der Waals surface area contributed by atoms with Crippen molar-refractivity contribution < 1.29 is 27.4 Å². The van der Waals surface area contributed by atoms with Gasteiger partial charge in [-0.05, 0) is 31.0 Å². The number of benzene rings is 1. The number of hydrogen-bond acceptors (Lipinski definition) is 4. The van der Waals surface area contributed by atoms with E-state index in [1.165, 1.54) is 12.1 Å². The van der Waals surface area contributed by atoms with Gasteiger partial charge in [0, 0.05) is 13.0 Å². The molecule has 0 aliphatic heterocycles. The number of esters is 1. The zero-order valence-corrected chi connectivity index (χ0v) is 12.9. The lowest BCUT2D eigenvalue weighted by molar-refractivity contribution is -0.143. The Labute approximate surface area is 133 Å². The number of hydrogen-bond donors (Lipinski definition) is 1. The van der Waals surface area contributed by atoms with Crippen molar-refractivity contribution in [3.63, 3.8) is 0 Å². The molecule has 0 saturated carbocycles. The van der Waals surface area contributed by atoms with Gasteiger partial charge >= 0.3 is 12.1 Å². The van der Waals surface area contributed by atoms with Gasteiger partial charge in [0.25, 0.3) is 0 Å². The first-order valence-electron chi connectivity index (χ1n) is 6.57. The van der Waals surface area contributed by atoms with Gasteiger partial charge in [0.2, 0.25) is 0 Å². The van der Waals surface area contributed by atoms with E-state index in [1.807, 2.05) is 0 Å². The summed E-state index contributed by atoms with van der Waals surface area (Å²) in [4.78, 5) is 11.2. The second kappa shape index (κ2) is 9.53. The van der Waals surface area contributed by atoms with Crippen LogP contribution in [0.1, 0.15) is 24.5 Å². The second-order valence-corrected chi connectivity index (χ2v) is 4.27. The number of alkyl halides is 3. The van der Waals surface area contributed by atoms with Crippen molar-refractivity contribution in [2.45, 2.75) is 25.9 Å². The van der Waals surface area contributed by atoms with Gasteiger partial charge in [-0.2, -0.15) is 13.2 Å². The Morgan fingerprint density at radius 3 is 2.55 bits per heavy atom. The van der Waals surface area contributed by atoms with Crippen LogP contribution in [0.4, 0.5) is 13.2 Å². The highest BCUT2D eigenvalue weighted by atomic mass is 35.5. The monoisotopic (exact) mass is 341 g/mol. The SMILES string of the molecule is CCOC(=O)CCc1ccc(OCCN)c(C(F)(F)F)c1.Cl. The van der Waals surface area contributed by atoms with E-state index in [2.05, 4.69) is 0 Å². The molecule has 1 aromatic rings. The molecule has 0 unspecified atom stereocenters. The number of halogens is 4. The first kappa shape index (κ1) is 20.5. The van der Waals surface area contributed by atoms with Crippen LogP contribution in [0.15, 0.2) is 18.2 Å². The number of carbonyl (C=O) groups excluding carboxylic acids is 1. The van der Waals surface area contributed by atoms with Gasteiger partial charge < -0.3 is 15.2 Å². The number of rotatable bonds is 7. The number of ether oxygens (including phenoxy) is 2. The predicted octanol–water partition coefficient (Wildman–Crippen LogP) is 2.96. The summed E-state index contributed by atoms with van der Waals surface area (Å²) in [6.45, 7) is 2.05. The van der Waals surface area contributed by atoms with E-state index < -0.39 is 17.7 Å². The minimum atomic E-state index is -4.52. The summed E-state index contributed by atoms with van der Waals surface area (Å²) in [7, 11) is 0. The highest BCUT2D eigenvalue weighted by Gasteiger charge is 2.34. The molecule has 0 aliphatic rings. The van der Waals surface area contributed by atoms with Crippen LogP contribution in [0.3, 0.4) is 0 Å². The zero-order valence-electron chi connectivity index (χ0n) is 12.1. The third-order valence-electron chi connectivity index (χ3n) is 2.65. The Morgan fingerprint density at radius 1 is 1.32 bits per heavy atom. The maximum Gasteiger partial charge on any atom is 0.419 e. The van der Waals surface area contributed by atoms with Crippen molar-refractivity contribution in [3.8, 4) is 5.75 Å². The Morgan fingerprint density at radius 2 is 2.00 bits per heavy atom. The lowest BCUT2D eigenvalue weighted by Gasteiger charge is -2.15. The van der Waals surface area contributed by atoms with Gasteiger partial charge in [0.1, 0.15) is 12.4 Å². The largest absolute Gasteiger partial charge is 0.492 e. The summed E-state index contributed by atoms with van der Waals surface area (Å²) in [6.07, 6.45) is -4.31. The maximum absolute atomic E-state index is 13.0. The number of aryl methyl sites for hydroxylation is 1. The summed E-state index contributed by atoms with van der Waals surface area (Å²) in [5.74, 6) is -0.692. The van der Waals surface area contributed by atoms with Gasteiger partial charge in [-0.1, -0.05) is 6.07 Å². The van der Waals surface area contributed by atoms with E-state index in [0.717, 1.165) is 6.07 Å². The van der Waals surface area contributed by atoms with Crippen LogP contribution in [0.25, 0.3) is 0 Å². The second-order valence-electron chi connectivity index (χ2n) is 4.27. The topological polar surface area (TPSA) is 61.5 Å². The van der Waals surface area contributed by atoms with Crippen molar-refractivity contribution in [1.29, 1.82) is 0 Å².